The average molecular weight is 326 g/mol. The summed E-state index contributed by atoms with van der Waals surface area (Å²) >= 11 is 0. The number of ether oxygens (including phenoxy) is 1. The number of nitrogens with zero attached hydrogens (tertiary/aromatic N) is 1. The maximum atomic E-state index is 11.8. The van der Waals surface area contributed by atoms with Crippen molar-refractivity contribution < 1.29 is 24.2 Å². The molecule has 0 saturated heterocycles. The van der Waals surface area contributed by atoms with Crippen molar-refractivity contribution >= 4 is 17.8 Å². The van der Waals surface area contributed by atoms with Gasteiger partial charge in [-0.2, -0.15) is 0 Å². The number of carbonyl (C=O) groups excluding carboxylic acids is 2. The molecule has 1 heterocycles. The predicted octanol–water partition coefficient (Wildman–Crippen LogP) is -0.560. The van der Waals surface area contributed by atoms with Gasteiger partial charge in [-0.15, -0.1) is 0 Å². The molecule has 0 aliphatic carbocycles. The first-order valence-electron chi connectivity index (χ1n) is 7.24. The Bertz CT molecular complexity index is 517. The molecular formula is C14H22N4O5. The van der Waals surface area contributed by atoms with Crippen molar-refractivity contribution in [1.29, 1.82) is 0 Å². The molecule has 0 spiro atoms. The van der Waals surface area contributed by atoms with E-state index < -0.39 is 17.9 Å². The predicted molar refractivity (Wildman–Crippen MR) is 80.3 cm³/mol. The molecule has 128 valence electrons. The van der Waals surface area contributed by atoms with E-state index in [-0.39, 0.29) is 31.3 Å². The Morgan fingerprint density at radius 2 is 2.17 bits per heavy atom. The minimum Gasteiger partial charge on any atom is -0.480 e. The molecule has 0 aliphatic heterocycles. The van der Waals surface area contributed by atoms with Gasteiger partial charge in [0.1, 0.15) is 6.04 Å². The van der Waals surface area contributed by atoms with Crippen LogP contribution in [0.4, 0.5) is 0 Å². The van der Waals surface area contributed by atoms with Gasteiger partial charge in [-0.05, 0) is 12.8 Å². The maximum Gasteiger partial charge on any atom is 0.320 e. The van der Waals surface area contributed by atoms with Crippen molar-refractivity contribution in [3.8, 4) is 0 Å². The number of aliphatic carboxylic acids is 1. The van der Waals surface area contributed by atoms with Gasteiger partial charge in [0.05, 0.1) is 19.4 Å². The molecule has 1 aromatic heterocycles. The van der Waals surface area contributed by atoms with Gasteiger partial charge in [-0.1, -0.05) is 0 Å². The first kappa shape index (κ1) is 18.6. The number of carboxylic acid groups (broad SMARTS) is 1. The van der Waals surface area contributed by atoms with Crippen LogP contribution >= 0.6 is 0 Å². The van der Waals surface area contributed by atoms with Crippen LogP contribution in [0.3, 0.4) is 0 Å². The Balaban J connectivity index is 2.35. The van der Waals surface area contributed by atoms with Gasteiger partial charge in [0.15, 0.2) is 0 Å². The molecule has 0 bridgehead atoms. The normalized spacial score (nSPS) is 13.1. The third-order valence-electron chi connectivity index (χ3n) is 3.37. The first-order chi connectivity index (χ1) is 10.9. The molecule has 23 heavy (non-hydrogen) atoms. The number of methoxy groups -OCH3 is 1. The van der Waals surface area contributed by atoms with Crippen LogP contribution in [0.5, 0.6) is 0 Å². The summed E-state index contributed by atoms with van der Waals surface area (Å²) in [7, 11) is 1.31. The van der Waals surface area contributed by atoms with E-state index >= 15 is 0 Å². The molecule has 9 nitrogen and oxygen atoms in total. The molecule has 5 N–H and O–H groups in total. The Kier molecular flexibility index (Phi) is 7.75. The van der Waals surface area contributed by atoms with Crippen molar-refractivity contribution in [2.45, 2.75) is 31.7 Å². The van der Waals surface area contributed by atoms with Gasteiger partial charge < -0.3 is 25.9 Å². The van der Waals surface area contributed by atoms with E-state index in [2.05, 4.69) is 15.3 Å². The number of rotatable bonds is 10. The lowest BCUT2D eigenvalue weighted by Crippen LogP contribution is -2.33. The van der Waals surface area contributed by atoms with Crippen molar-refractivity contribution in [3.63, 3.8) is 0 Å². The number of nitrogens with two attached hydrogens (primary N) is 1. The van der Waals surface area contributed by atoms with Gasteiger partial charge in [-0.25, -0.2) is 4.98 Å². The average Bonchev–Trinajstić information content (AvgIpc) is 3.03. The molecule has 2 unspecified atom stereocenters. The summed E-state index contributed by atoms with van der Waals surface area (Å²) < 4.78 is 4.76. The lowest BCUT2D eigenvalue weighted by atomic mass is 10.00. The zero-order chi connectivity index (χ0) is 17.2. The van der Waals surface area contributed by atoms with Crippen molar-refractivity contribution in [3.05, 3.63) is 18.2 Å². The third kappa shape index (κ3) is 6.92. The second kappa shape index (κ2) is 9.57. The number of esters is 1. The summed E-state index contributed by atoms with van der Waals surface area (Å²) in [4.78, 5) is 40.7. The summed E-state index contributed by atoms with van der Waals surface area (Å²) in [6, 6.07) is -1.05. The first-order valence-corrected chi connectivity index (χ1v) is 7.24. The second-order valence-electron chi connectivity index (χ2n) is 5.12. The summed E-state index contributed by atoms with van der Waals surface area (Å²) in [5.74, 6) is -2.20. The molecule has 0 fully saturated rings. The SMILES string of the molecule is COC(=O)C(CCNC(=O)CCC(N)C(=O)O)Cc1cnc[nH]1. The van der Waals surface area contributed by atoms with Crippen molar-refractivity contribution in [1.82, 2.24) is 15.3 Å². The topological polar surface area (TPSA) is 147 Å². The highest BCUT2D eigenvalue weighted by Gasteiger charge is 2.20. The van der Waals surface area contributed by atoms with Gasteiger partial charge in [0, 0.05) is 31.3 Å². The molecule has 0 radical (unpaired) electrons. The van der Waals surface area contributed by atoms with Gasteiger partial charge in [-0.3, -0.25) is 14.4 Å². The molecule has 1 aromatic rings. The quantitative estimate of drug-likeness (QED) is 0.421. The summed E-state index contributed by atoms with van der Waals surface area (Å²) in [5.41, 5.74) is 6.13. The number of carboxylic acids is 1. The number of H-pyrrole nitrogens is 1. The minimum atomic E-state index is -1.14. The van der Waals surface area contributed by atoms with Crippen molar-refractivity contribution in [2.75, 3.05) is 13.7 Å². The molecular weight excluding hydrogens is 304 g/mol. The van der Waals surface area contributed by atoms with Crippen LogP contribution in [0, 0.1) is 5.92 Å². The zero-order valence-electron chi connectivity index (χ0n) is 12.9. The van der Waals surface area contributed by atoms with Gasteiger partial charge >= 0.3 is 11.9 Å². The summed E-state index contributed by atoms with van der Waals surface area (Å²) in [5, 5.41) is 11.3. The number of hydrogen-bond donors (Lipinski definition) is 4. The number of carbonyl (C=O) groups is 3. The lowest BCUT2D eigenvalue weighted by Gasteiger charge is -2.14. The molecule has 2 atom stereocenters. The lowest BCUT2D eigenvalue weighted by molar-refractivity contribution is -0.146. The maximum absolute atomic E-state index is 11.8. The molecule has 0 saturated carbocycles. The molecule has 9 heteroatoms. The van der Waals surface area contributed by atoms with E-state index in [9.17, 15) is 14.4 Å². The minimum absolute atomic E-state index is 0.0247. The summed E-state index contributed by atoms with van der Waals surface area (Å²) in [6.07, 6.45) is 4.08. The van der Waals surface area contributed by atoms with Crippen molar-refractivity contribution in [2.24, 2.45) is 11.7 Å². The van der Waals surface area contributed by atoms with E-state index in [0.717, 1.165) is 5.69 Å². The van der Waals surface area contributed by atoms with E-state index in [0.29, 0.717) is 12.8 Å². The number of aromatic nitrogens is 2. The number of nitrogens with one attached hydrogen (secondary N) is 2. The largest absolute Gasteiger partial charge is 0.480 e. The number of aromatic amines is 1. The summed E-state index contributed by atoms with van der Waals surface area (Å²) in [6.45, 7) is 0.287. The Labute approximate surface area is 133 Å². The van der Waals surface area contributed by atoms with Crippen LogP contribution in [0.25, 0.3) is 0 Å². The number of hydrogen-bond acceptors (Lipinski definition) is 6. The fourth-order valence-electron chi connectivity index (χ4n) is 2.02. The Hall–Kier alpha value is -2.42. The Morgan fingerprint density at radius 3 is 2.74 bits per heavy atom. The van der Waals surface area contributed by atoms with Crippen LogP contribution in [0.15, 0.2) is 12.5 Å². The van der Waals surface area contributed by atoms with Crippen LogP contribution in [-0.2, 0) is 25.5 Å². The highest BCUT2D eigenvalue weighted by molar-refractivity contribution is 5.78. The zero-order valence-corrected chi connectivity index (χ0v) is 12.9. The van der Waals surface area contributed by atoms with Crippen LogP contribution < -0.4 is 11.1 Å². The van der Waals surface area contributed by atoms with Crippen LogP contribution in [0.1, 0.15) is 25.0 Å². The molecule has 0 aliphatic rings. The highest BCUT2D eigenvalue weighted by Crippen LogP contribution is 2.11. The molecule has 1 rings (SSSR count). The molecule has 0 aromatic carbocycles. The Morgan fingerprint density at radius 1 is 1.43 bits per heavy atom. The van der Waals surface area contributed by atoms with Crippen LogP contribution in [-0.4, -0.2) is 52.6 Å². The highest BCUT2D eigenvalue weighted by atomic mass is 16.5. The fraction of sp³-hybridized carbons (Fsp3) is 0.571. The van der Waals surface area contributed by atoms with E-state index in [1.54, 1.807) is 6.20 Å². The van der Waals surface area contributed by atoms with E-state index in [1.807, 2.05) is 0 Å². The van der Waals surface area contributed by atoms with Gasteiger partial charge in [0.2, 0.25) is 5.91 Å². The number of imidazole rings is 1. The third-order valence-corrected chi connectivity index (χ3v) is 3.37. The van der Waals surface area contributed by atoms with E-state index in [1.165, 1.54) is 13.4 Å². The molecule has 1 amide bonds. The smallest absolute Gasteiger partial charge is 0.320 e. The standard InChI is InChI=1S/C14H22N4O5/c1-23-14(22)9(6-10-7-16-8-18-10)4-5-17-12(19)3-2-11(15)13(20)21/h7-9,11H,2-6,15H2,1H3,(H,16,18)(H,17,19)(H,20,21). The monoisotopic (exact) mass is 326 g/mol. The van der Waals surface area contributed by atoms with E-state index in [4.69, 9.17) is 15.6 Å². The fourth-order valence-corrected chi connectivity index (χ4v) is 2.02. The van der Waals surface area contributed by atoms with Gasteiger partial charge in [0.25, 0.3) is 0 Å². The van der Waals surface area contributed by atoms with Crippen LogP contribution in [0.2, 0.25) is 0 Å². The number of amides is 1. The second-order valence-corrected chi connectivity index (χ2v) is 5.12.